The van der Waals surface area contributed by atoms with Gasteiger partial charge in [-0.25, -0.2) is 8.42 Å². The molecule has 0 fully saturated rings. The van der Waals surface area contributed by atoms with Gasteiger partial charge >= 0.3 is 5.97 Å². The summed E-state index contributed by atoms with van der Waals surface area (Å²) in [4.78, 5) is 19.4. The van der Waals surface area contributed by atoms with Gasteiger partial charge in [-0.15, -0.1) is 12.4 Å². The van der Waals surface area contributed by atoms with Crippen molar-refractivity contribution >= 4 is 57.3 Å². The summed E-state index contributed by atoms with van der Waals surface area (Å²) < 4.78 is 22.7. The number of rotatable bonds is 7. The summed E-state index contributed by atoms with van der Waals surface area (Å²) in [5.41, 5.74) is 4.91. The molecule has 0 heterocycles. The van der Waals surface area contributed by atoms with Crippen molar-refractivity contribution in [2.75, 3.05) is 19.4 Å². The molecule has 1 rings (SSSR count). The molecular formula is C14H21Cl3N2O7S. The van der Waals surface area contributed by atoms with Crippen LogP contribution in [0.3, 0.4) is 0 Å². The number of aliphatic hydroxyl groups excluding tert-OH is 2. The predicted molar refractivity (Wildman–Crippen MR) is 103 cm³/mol. The molecule has 0 aliphatic heterocycles. The summed E-state index contributed by atoms with van der Waals surface area (Å²) in [6, 6.07) is 4.44. The maximum atomic E-state index is 11.4. The van der Waals surface area contributed by atoms with Gasteiger partial charge in [-0.1, -0.05) is 35.3 Å². The number of aliphatic carboxylic acids is 1. The van der Waals surface area contributed by atoms with Crippen molar-refractivity contribution in [2.24, 2.45) is 5.73 Å². The summed E-state index contributed by atoms with van der Waals surface area (Å²) in [5, 5.41) is 29.2. The predicted octanol–water partition coefficient (Wildman–Crippen LogP) is -0.144. The van der Waals surface area contributed by atoms with Gasteiger partial charge in [0, 0.05) is 6.26 Å². The summed E-state index contributed by atoms with van der Waals surface area (Å²) in [5.74, 6) is -1.71. The molecule has 1 amide bonds. The Kier molecular flexibility index (Phi) is 13.6. The lowest BCUT2D eigenvalue weighted by atomic mass is 10.0. The molecule has 6 N–H and O–H groups in total. The SMILES string of the molecule is CS(=O)(=O)c1ccc(C(O)C(CO)NC(=O)C(Cl)Cl)cc1.Cl.NCC(=O)O. The first-order valence-electron chi connectivity index (χ1n) is 7.03. The van der Waals surface area contributed by atoms with E-state index in [0.717, 1.165) is 6.26 Å². The Hall–Kier alpha value is -1.14. The number of carbonyl (C=O) groups is 2. The second-order valence-corrected chi connectivity index (χ2v) is 8.09. The molecule has 2 unspecified atom stereocenters. The molecule has 0 bridgehead atoms. The second kappa shape index (κ2) is 13.1. The number of alkyl halides is 2. The molecule has 0 aliphatic rings. The average molecular weight is 468 g/mol. The number of carbonyl (C=O) groups excluding carboxylic acids is 1. The maximum absolute atomic E-state index is 11.4. The van der Waals surface area contributed by atoms with Crippen LogP contribution >= 0.6 is 35.6 Å². The first kappa shape index (κ1) is 28.1. The molecule has 27 heavy (non-hydrogen) atoms. The van der Waals surface area contributed by atoms with E-state index < -0.39 is 45.3 Å². The van der Waals surface area contributed by atoms with Gasteiger partial charge in [-0.3, -0.25) is 9.59 Å². The van der Waals surface area contributed by atoms with Crippen LogP contribution in [0.1, 0.15) is 11.7 Å². The summed E-state index contributed by atoms with van der Waals surface area (Å²) in [6.45, 7) is -0.818. The number of halogens is 3. The van der Waals surface area contributed by atoms with Crippen molar-refractivity contribution in [3.8, 4) is 0 Å². The van der Waals surface area contributed by atoms with Gasteiger partial charge in [-0.05, 0) is 17.7 Å². The number of amides is 1. The number of sulfone groups is 1. The monoisotopic (exact) mass is 466 g/mol. The first-order valence-corrected chi connectivity index (χ1v) is 9.79. The van der Waals surface area contributed by atoms with Gasteiger partial charge in [0.25, 0.3) is 5.91 Å². The molecule has 0 spiro atoms. The van der Waals surface area contributed by atoms with Crippen molar-refractivity contribution < 1.29 is 33.3 Å². The number of nitrogens with one attached hydrogen (secondary N) is 1. The quantitative estimate of drug-likeness (QED) is 0.345. The van der Waals surface area contributed by atoms with Gasteiger partial charge < -0.3 is 26.4 Å². The van der Waals surface area contributed by atoms with Crippen LogP contribution in [0.4, 0.5) is 0 Å². The molecule has 13 heteroatoms. The maximum Gasteiger partial charge on any atom is 0.317 e. The van der Waals surface area contributed by atoms with E-state index in [2.05, 4.69) is 11.1 Å². The van der Waals surface area contributed by atoms with E-state index in [1.165, 1.54) is 24.3 Å². The van der Waals surface area contributed by atoms with E-state index in [-0.39, 0.29) is 23.8 Å². The molecule has 0 radical (unpaired) electrons. The van der Waals surface area contributed by atoms with E-state index >= 15 is 0 Å². The molecule has 9 nitrogen and oxygen atoms in total. The largest absolute Gasteiger partial charge is 0.480 e. The van der Waals surface area contributed by atoms with Crippen LogP contribution < -0.4 is 11.1 Å². The number of nitrogens with two attached hydrogens (primary N) is 1. The van der Waals surface area contributed by atoms with Crippen LogP contribution in [0.15, 0.2) is 29.2 Å². The standard InChI is InChI=1S/C12H15Cl2NO5S.C2H5NO2.ClH/c1-21(19,20)8-4-2-7(3-5-8)10(17)9(6-16)15-12(18)11(13)14;3-1-2(4)5;/h2-5,9-11,16-17H,6H2,1H3,(H,15,18);1,3H2,(H,4,5);1H. The van der Waals surface area contributed by atoms with E-state index in [1.54, 1.807) is 0 Å². The average Bonchev–Trinajstić information content (AvgIpc) is 2.58. The fourth-order valence-corrected chi connectivity index (χ4v) is 2.37. The van der Waals surface area contributed by atoms with E-state index in [4.69, 9.17) is 28.3 Å². The van der Waals surface area contributed by atoms with Gasteiger partial charge in [0.2, 0.25) is 0 Å². The minimum absolute atomic E-state index is 0. The van der Waals surface area contributed by atoms with E-state index in [1.807, 2.05) is 0 Å². The third kappa shape index (κ3) is 10.7. The fourth-order valence-electron chi connectivity index (χ4n) is 1.61. The zero-order valence-electron chi connectivity index (χ0n) is 14.1. The van der Waals surface area contributed by atoms with Crippen LogP contribution in [0.25, 0.3) is 0 Å². The highest BCUT2D eigenvalue weighted by Gasteiger charge is 2.24. The van der Waals surface area contributed by atoms with Crippen LogP contribution in [0, 0.1) is 0 Å². The topological polar surface area (TPSA) is 167 Å². The van der Waals surface area contributed by atoms with Crippen LogP contribution in [-0.4, -0.2) is 65.9 Å². The van der Waals surface area contributed by atoms with Crippen LogP contribution in [-0.2, 0) is 19.4 Å². The Labute approximate surface area is 172 Å². The Balaban J connectivity index is 0. The lowest BCUT2D eigenvalue weighted by molar-refractivity contribution is -0.135. The highest BCUT2D eigenvalue weighted by atomic mass is 35.5. The van der Waals surface area contributed by atoms with Crippen molar-refractivity contribution in [1.29, 1.82) is 0 Å². The molecular weight excluding hydrogens is 447 g/mol. The zero-order valence-corrected chi connectivity index (χ0v) is 17.2. The highest BCUT2D eigenvalue weighted by molar-refractivity contribution is 7.90. The number of benzene rings is 1. The Morgan fingerprint density at radius 2 is 1.67 bits per heavy atom. The molecule has 156 valence electrons. The zero-order chi connectivity index (χ0) is 20.5. The summed E-state index contributed by atoms with van der Waals surface area (Å²) in [6.07, 6.45) is -0.171. The van der Waals surface area contributed by atoms with Gasteiger partial charge in [-0.2, -0.15) is 0 Å². The second-order valence-electron chi connectivity index (χ2n) is 4.98. The highest BCUT2D eigenvalue weighted by Crippen LogP contribution is 2.20. The number of aliphatic hydroxyl groups is 2. The number of hydrogen-bond acceptors (Lipinski definition) is 7. The summed E-state index contributed by atoms with van der Waals surface area (Å²) in [7, 11) is -3.34. The van der Waals surface area contributed by atoms with Crippen molar-refractivity contribution in [1.82, 2.24) is 5.32 Å². The molecule has 0 saturated carbocycles. The number of carboxylic acids is 1. The molecule has 1 aromatic carbocycles. The molecule has 0 aliphatic carbocycles. The van der Waals surface area contributed by atoms with Crippen molar-refractivity contribution in [3.05, 3.63) is 29.8 Å². The molecule has 1 aromatic rings. The smallest absolute Gasteiger partial charge is 0.317 e. The van der Waals surface area contributed by atoms with Gasteiger partial charge in [0.1, 0.15) is 6.10 Å². The minimum atomic E-state index is -3.34. The van der Waals surface area contributed by atoms with E-state index in [0.29, 0.717) is 5.56 Å². The minimum Gasteiger partial charge on any atom is -0.480 e. The lowest BCUT2D eigenvalue weighted by Gasteiger charge is -2.23. The fraction of sp³-hybridized carbons (Fsp3) is 0.429. The Bertz CT molecular complexity index is 699. The van der Waals surface area contributed by atoms with Gasteiger partial charge in [0.15, 0.2) is 14.7 Å². The van der Waals surface area contributed by atoms with Gasteiger partial charge in [0.05, 0.1) is 24.1 Å². The normalized spacial score (nSPS) is 12.9. The third-order valence-electron chi connectivity index (χ3n) is 2.93. The van der Waals surface area contributed by atoms with Crippen LogP contribution in [0.5, 0.6) is 0 Å². The Morgan fingerprint density at radius 1 is 1.22 bits per heavy atom. The third-order valence-corrected chi connectivity index (χ3v) is 4.45. The first-order chi connectivity index (χ1) is 11.9. The molecule has 2 atom stereocenters. The van der Waals surface area contributed by atoms with Crippen LogP contribution in [0.2, 0.25) is 0 Å². The van der Waals surface area contributed by atoms with Crippen molar-refractivity contribution in [2.45, 2.75) is 21.9 Å². The number of hydrogen-bond donors (Lipinski definition) is 5. The van der Waals surface area contributed by atoms with E-state index in [9.17, 15) is 28.2 Å². The Morgan fingerprint density at radius 3 is 1.96 bits per heavy atom. The van der Waals surface area contributed by atoms with Crippen molar-refractivity contribution in [3.63, 3.8) is 0 Å². The number of carboxylic acid groups (broad SMARTS) is 1. The lowest BCUT2D eigenvalue weighted by Crippen LogP contribution is -2.44. The molecule has 0 saturated heterocycles. The summed E-state index contributed by atoms with van der Waals surface area (Å²) >= 11 is 10.7. The molecule has 0 aromatic heterocycles.